The Hall–Kier alpha value is -3.08. The number of fused-ring (bicyclic) bond motifs is 2. The Labute approximate surface area is 206 Å². The number of anilines is 1. The molecule has 1 amide bonds. The van der Waals surface area contributed by atoms with E-state index >= 15 is 0 Å². The van der Waals surface area contributed by atoms with Crippen LogP contribution in [0, 0.1) is 6.92 Å². The van der Waals surface area contributed by atoms with Crippen LogP contribution in [0.1, 0.15) is 40.1 Å². The van der Waals surface area contributed by atoms with Crippen LogP contribution in [0.25, 0.3) is 17.0 Å². The van der Waals surface area contributed by atoms with Gasteiger partial charge in [0.1, 0.15) is 17.2 Å². The molecule has 0 unspecified atom stereocenters. The fraction of sp³-hybridized carbons (Fsp3) is 0.304. The number of carbonyl (C=O) groups excluding carboxylic acids is 1. The number of nitrogens with zero attached hydrogens (tertiary/aromatic N) is 5. The number of halogens is 1. The van der Waals surface area contributed by atoms with Gasteiger partial charge in [0.05, 0.1) is 28.7 Å². The van der Waals surface area contributed by atoms with Crippen molar-refractivity contribution < 1.29 is 4.79 Å². The SMILES string of the molecule is CCc1nc2cc(N)c(Cl)cn2c1C(=O)NCc1ccc(-c2nc3n(n2)CCNSC3)c(C)c1. The molecule has 0 atom stereocenters. The molecule has 1 aliphatic heterocycles. The average molecular weight is 497 g/mol. The van der Waals surface area contributed by atoms with Crippen LogP contribution in [0.3, 0.4) is 0 Å². The molecule has 176 valence electrons. The minimum Gasteiger partial charge on any atom is -0.397 e. The van der Waals surface area contributed by atoms with Crippen LogP contribution >= 0.6 is 23.5 Å². The lowest BCUT2D eigenvalue weighted by atomic mass is 10.0. The van der Waals surface area contributed by atoms with Crippen molar-refractivity contribution in [2.24, 2.45) is 0 Å². The van der Waals surface area contributed by atoms with E-state index < -0.39 is 0 Å². The van der Waals surface area contributed by atoms with Gasteiger partial charge in [0.25, 0.3) is 5.91 Å². The normalized spacial score (nSPS) is 13.6. The first kappa shape index (κ1) is 22.7. The maximum absolute atomic E-state index is 13.1. The highest BCUT2D eigenvalue weighted by Crippen LogP contribution is 2.25. The lowest BCUT2D eigenvalue weighted by Crippen LogP contribution is -2.25. The van der Waals surface area contributed by atoms with Crippen molar-refractivity contribution in [2.45, 2.75) is 39.1 Å². The highest BCUT2D eigenvalue weighted by atomic mass is 35.5. The fourth-order valence-electron chi connectivity index (χ4n) is 4.08. The van der Waals surface area contributed by atoms with Crippen molar-refractivity contribution in [1.82, 2.24) is 34.2 Å². The number of pyridine rings is 1. The Morgan fingerprint density at radius 3 is 2.97 bits per heavy atom. The van der Waals surface area contributed by atoms with E-state index in [4.69, 9.17) is 27.4 Å². The summed E-state index contributed by atoms with van der Waals surface area (Å²) < 4.78 is 6.94. The van der Waals surface area contributed by atoms with Crippen LogP contribution in [0.5, 0.6) is 0 Å². The summed E-state index contributed by atoms with van der Waals surface area (Å²) in [5.74, 6) is 2.29. The number of nitrogens with two attached hydrogens (primary N) is 1. The molecule has 4 N–H and O–H groups in total. The summed E-state index contributed by atoms with van der Waals surface area (Å²) >= 11 is 7.85. The summed E-state index contributed by atoms with van der Waals surface area (Å²) in [6.45, 7) is 6.05. The highest BCUT2D eigenvalue weighted by molar-refractivity contribution is 7.96. The lowest BCUT2D eigenvalue weighted by molar-refractivity contribution is 0.0944. The van der Waals surface area contributed by atoms with E-state index in [1.807, 2.05) is 30.7 Å². The molecule has 3 aromatic heterocycles. The molecule has 4 heterocycles. The molecule has 4 aromatic rings. The molecule has 0 fully saturated rings. The molecule has 0 bridgehead atoms. The number of aromatic nitrogens is 5. The van der Waals surface area contributed by atoms with Gasteiger partial charge in [-0.15, -0.1) is 0 Å². The molecule has 0 aliphatic carbocycles. The summed E-state index contributed by atoms with van der Waals surface area (Å²) in [5, 5.41) is 8.09. The van der Waals surface area contributed by atoms with Gasteiger partial charge in [-0.25, -0.2) is 14.6 Å². The number of hydrogen-bond donors (Lipinski definition) is 3. The number of nitrogen functional groups attached to an aromatic ring is 1. The average Bonchev–Trinajstić information content (AvgIpc) is 3.31. The number of hydrogen-bond acceptors (Lipinski definition) is 7. The van der Waals surface area contributed by atoms with Crippen molar-refractivity contribution in [1.29, 1.82) is 0 Å². The van der Waals surface area contributed by atoms with E-state index in [1.54, 1.807) is 28.6 Å². The first-order chi connectivity index (χ1) is 16.4. The third-order valence-corrected chi connectivity index (χ3v) is 6.95. The first-order valence-corrected chi connectivity index (χ1v) is 12.4. The Kier molecular flexibility index (Phi) is 6.20. The molecule has 34 heavy (non-hydrogen) atoms. The summed E-state index contributed by atoms with van der Waals surface area (Å²) in [5.41, 5.74) is 11.2. The van der Waals surface area contributed by atoms with Crippen LogP contribution in [0.4, 0.5) is 5.69 Å². The number of nitrogens with one attached hydrogen (secondary N) is 2. The lowest BCUT2D eigenvalue weighted by Gasteiger charge is -2.09. The van der Waals surface area contributed by atoms with Gasteiger partial charge in [0, 0.05) is 30.9 Å². The second-order valence-electron chi connectivity index (χ2n) is 8.16. The van der Waals surface area contributed by atoms with Crippen LogP contribution in [-0.2, 0) is 25.3 Å². The van der Waals surface area contributed by atoms with Crippen LogP contribution in [0.15, 0.2) is 30.5 Å². The fourth-order valence-corrected chi connectivity index (χ4v) is 4.91. The predicted octanol–water partition coefficient (Wildman–Crippen LogP) is 3.38. The van der Waals surface area contributed by atoms with Gasteiger partial charge >= 0.3 is 0 Å². The van der Waals surface area contributed by atoms with Crippen LogP contribution < -0.4 is 15.8 Å². The van der Waals surface area contributed by atoms with Gasteiger partial charge in [-0.2, -0.15) is 5.10 Å². The van der Waals surface area contributed by atoms with Crippen LogP contribution in [0.2, 0.25) is 5.02 Å². The third-order valence-electron chi connectivity index (χ3n) is 5.83. The van der Waals surface area contributed by atoms with E-state index in [0.29, 0.717) is 40.7 Å². The molecule has 9 nitrogen and oxygen atoms in total. The maximum atomic E-state index is 13.1. The predicted molar refractivity (Wildman–Crippen MR) is 135 cm³/mol. The standard InChI is InChI=1S/C23H25ClN8OS/c1-3-18-21(31-11-16(24)17(25)9-19(31)28-18)23(33)26-10-14-4-5-15(13(2)8-14)22-29-20-12-34-27-6-7-32(20)30-22/h4-5,8-9,11,27H,3,6-7,10,12,25H2,1-2H3,(H,26,33). The Balaban J connectivity index is 1.35. The van der Waals surface area contributed by atoms with Crippen molar-refractivity contribution >= 4 is 40.8 Å². The Bertz CT molecular complexity index is 1370. The number of rotatable bonds is 5. The molecule has 5 rings (SSSR count). The zero-order chi connectivity index (χ0) is 23.8. The summed E-state index contributed by atoms with van der Waals surface area (Å²) in [6.07, 6.45) is 2.26. The number of benzene rings is 1. The number of amides is 1. The minimum absolute atomic E-state index is 0.211. The summed E-state index contributed by atoms with van der Waals surface area (Å²) in [6, 6.07) is 7.76. The van der Waals surface area contributed by atoms with Gasteiger partial charge in [-0.05, 0) is 24.5 Å². The van der Waals surface area contributed by atoms with E-state index in [1.165, 1.54) is 0 Å². The van der Waals surface area contributed by atoms with Gasteiger partial charge in [0.15, 0.2) is 5.82 Å². The van der Waals surface area contributed by atoms with E-state index in [-0.39, 0.29) is 5.91 Å². The molecule has 0 spiro atoms. The zero-order valence-corrected chi connectivity index (χ0v) is 20.5. The van der Waals surface area contributed by atoms with Crippen molar-refractivity contribution in [3.8, 4) is 11.4 Å². The maximum Gasteiger partial charge on any atom is 0.270 e. The first-order valence-electron chi connectivity index (χ1n) is 11.1. The van der Waals surface area contributed by atoms with Crippen molar-refractivity contribution in [3.05, 3.63) is 63.8 Å². The monoisotopic (exact) mass is 496 g/mol. The smallest absolute Gasteiger partial charge is 0.270 e. The largest absolute Gasteiger partial charge is 0.397 e. The molecule has 0 radical (unpaired) electrons. The molecule has 0 saturated heterocycles. The minimum atomic E-state index is -0.211. The number of carbonyl (C=O) groups is 1. The summed E-state index contributed by atoms with van der Waals surface area (Å²) in [4.78, 5) is 22.4. The van der Waals surface area contributed by atoms with Gasteiger partial charge in [-0.3, -0.25) is 13.9 Å². The topological polar surface area (TPSA) is 115 Å². The zero-order valence-electron chi connectivity index (χ0n) is 18.9. The second kappa shape index (κ2) is 9.28. The molecule has 11 heteroatoms. The Morgan fingerprint density at radius 1 is 1.32 bits per heavy atom. The van der Waals surface area contributed by atoms with Crippen molar-refractivity contribution in [2.75, 3.05) is 12.3 Å². The number of aryl methyl sites for hydroxylation is 2. The van der Waals surface area contributed by atoms with Crippen LogP contribution in [-0.4, -0.2) is 36.6 Å². The molecule has 0 saturated carbocycles. The van der Waals surface area contributed by atoms with Gasteiger partial charge in [-0.1, -0.05) is 48.7 Å². The van der Waals surface area contributed by atoms with E-state index in [0.717, 1.165) is 47.2 Å². The van der Waals surface area contributed by atoms with Gasteiger partial charge < -0.3 is 11.1 Å². The Morgan fingerprint density at radius 2 is 2.18 bits per heavy atom. The van der Waals surface area contributed by atoms with E-state index in [9.17, 15) is 4.79 Å². The molecule has 1 aliphatic rings. The number of imidazole rings is 1. The quantitative estimate of drug-likeness (QED) is 0.363. The van der Waals surface area contributed by atoms with Gasteiger partial charge in [0.2, 0.25) is 0 Å². The van der Waals surface area contributed by atoms with Crippen molar-refractivity contribution in [3.63, 3.8) is 0 Å². The van der Waals surface area contributed by atoms with E-state index in [2.05, 4.69) is 21.1 Å². The third kappa shape index (κ3) is 4.24. The molecular weight excluding hydrogens is 472 g/mol. The second-order valence-corrected chi connectivity index (χ2v) is 9.43. The summed E-state index contributed by atoms with van der Waals surface area (Å²) in [7, 11) is 0. The highest BCUT2D eigenvalue weighted by Gasteiger charge is 2.20. The molecule has 1 aromatic carbocycles. The molecular formula is C23H25ClN8OS.